The zero-order valence-corrected chi connectivity index (χ0v) is 16.6. The molecule has 10 nitrogen and oxygen atoms in total. The van der Waals surface area contributed by atoms with Gasteiger partial charge in [0.2, 0.25) is 0 Å². The Labute approximate surface area is 167 Å². The Kier molecular flexibility index (Phi) is 4.44. The number of hydrogen-bond acceptors (Lipinski definition) is 7. The van der Waals surface area contributed by atoms with Crippen molar-refractivity contribution < 1.29 is 24.2 Å². The molecule has 10 heteroatoms. The molecule has 0 aliphatic heterocycles. The van der Waals surface area contributed by atoms with Crippen LogP contribution in [-0.2, 0) is 23.2 Å². The van der Waals surface area contributed by atoms with Gasteiger partial charge < -0.3 is 19.9 Å². The van der Waals surface area contributed by atoms with Gasteiger partial charge in [0, 0.05) is 19.5 Å². The van der Waals surface area contributed by atoms with Crippen molar-refractivity contribution in [1.29, 1.82) is 0 Å². The Bertz CT molecular complexity index is 966. The minimum Gasteiger partial charge on any atom is -0.491 e. The number of carboxylic acid groups (broad SMARTS) is 1. The second-order valence-corrected chi connectivity index (χ2v) is 8.02. The summed E-state index contributed by atoms with van der Waals surface area (Å²) in [5, 5.41) is 19.8. The van der Waals surface area contributed by atoms with Gasteiger partial charge in [-0.2, -0.15) is 0 Å². The van der Waals surface area contributed by atoms with E-state index in [1.165, 1.54) is 7.05 Å². The van der Waals surface area contributed by atoms with Crippen LogP contribution in [0.2, 0.25) is 0 Å². The summed E-state index contributed by atoms with van der Waals surface area (Å²) >= 11 is 0. The summed E-state index contributed by atoms with van der Waals surface area (Å²) in [5.74, 6) is -0.0309. The van der Waals surface area contributed by atoms with E-state index in [1.807, 2.05) is 13.0 Å². The van der Waals surface area contributed by atoms with Gasteiger partial charge in [-0.25, -0.2) is 14.5 Å². The lowest BCUT2D eigenvalue weighted by atomic mass is 9.35. The molecule has 2 aromatic heterocycles. The lowest BCUT2D eigenvalue weighted by molar-refractivity contribution is -0.231. The van der Waals surface area contributed by atoms with Crippen LogP contribution in [0.5, 0.6) is 5.75 Å². The first-order chi connectivity index (χ1) is 13.8. The van der Waals surface area contributed by atoms with Crippen LogP contribution in [0.15, 0.2) is 12.1 Å². The SMILES string of the molecule is CNC(=O)OCc1c(-c2ccc(OCC34CC(C(=O)O)(C3)C4)c(C)n2)nnn1C. The van der Waals surface area contributed by atoms with Crippen LogP contribution in [0.3, 0.4) is 0 Å². The fraction of sp³-hybridized carbons (Fsp3) is 0.526. The number of carbonyl (C=O) groups is 2. The van der Waals surface area contributed by atoms with Crippen LogP contribution in [0.25, 0.3) is 11.4 Å². The molecule has 3 saturated carbocycles. The second-order valence-electron chi connectivity index (χ2n) is 8.02. The highest BCUT2D eigenvalue weighted by Crippen LogP contribution is 2.73. The summed E-state index contributed by atoms with van der Waals surface area (Å²) in [6.07, 6.45) is 1.53. The fourth-order valence-corrected chi connectivity index (χ4v) is 4.39. The quantitative estimate of drug-likeness (QED) is 0.717. The first-order valence-electron chi connectivity index (χ1n) is 9.35. The minimum absolute atomic E-state index is 0.00122. The Hall–Kier alpha value is -3.17. The molecule has 5 rings (SSSR count). The van der Waals surface area contributed by atoms with Crippen molar-refractivity contribution in [1.82, 2.24) is 25.3 Å². The Morgan fingerprint density at radius 2 is 2.03 bits per heavy atom. The smallest absolute Gasteiger partial charge is 0.407 e. The molecule has 0 unspecified atom stereocenters. The number of nitrogens with one attached hydrogen (secondary N) is 1. The summed E-state index contributed by atoms with van der Waals surface area (Å²) in [4.78, 5) is 27.2. The molecule has 2 aromatic rings. The molecule has 3 aliphatic carbocycles. The van der Waals surface area contributed by atoms with E-state index in [0.29, 0.717) is 54.4 Å². The topological polar surface area (TPSA) is 128 Å². The molecule has 1 amide bonds. The number of alkyl carbamates (subject to hydrolysis) is 1. The van der Waals surface area contributed by atoms with Crippen molar-refractivity contribution in [2.75, 3.05) is 13.7 Å². The van der Waals surface area contributed by atoms with E-state index in [1.54, 1.807) is 17.8 Å². The van der Waals surface area contributed by atoms with Crippen molar-refractivity contribution >= 4 is 12.1 Å². The van der Waals surface area contributed by atoms with Gasteiger partial charge in [0.15, 0.2) is 0 Å². The van der Waals surface area contributed by atoms with E-state index in [9.17, 15) is 14.7 Å². The maximum atomic E-state index is 11.4. The van der Waals surface area contributed by atoms with Crippen molar-refractivity contribution in [3.05, 3.63) is 23.5 Å². The van der Waals surface area contributed by atoms with Gasteiger partial charge in [-0.05, 0) is 38.3 Å². The first kappa shape index (κ1) is 19.2. The zero-order chi connectivity index (χ0) is 20.8. The molecule has 3 aliphatic rings. The number of aromatic nitrogens is 4. The number of hydrogen-bond donors (Lipinski definition) is 2. The third-order valence-corrected chi connectivity index (χ3v) is 5.89. The average Bonchev–Trinajstić information content (AvgIpc) is 2.98. The Morgan fingerprint density at radius 1 is 1.31 bits per heavy atom. The van der Waals surface area contributed by atoms with E-state index >= 15 is 0 Å². The van der Waals surface area contributed by atoms with Crippen LogP contribution in [-0.4, -0.2) is 50.8 Å². The maximum Gasteiger partial charge on any atom is 0.407 e. The number of pyridine rings is 1. The van der Waals surface area contributed by atoms with Gasteiger partial charge in [-0.15, -0.1) is 5.10 Å². The van der Waals surface area contributed by atoms with E-state index < -0.39 is 17.5 Å². The average molecular weight is 401 g/mol. The van der Waals surface area contributed by atoms with Crippen LogP contribution in [0.4, 0.5) is 4.79 Å². The molecule has 0 radical (unpaired) electrons. The third kappa shape index (κ3) is 3.18. The highest BCUT2D eigenvalue weighted by Gasteiger charge is 2.72. The number of ether oxygens (including phenoxy) is 2. The summed E-state index contributed by atoms with van der Waals surface area (Å²) < 4.78 is 12.6. The van der Waals surface area contributed by atoms with Gasteiger partial charge in [0.1, 0.15) is 23.7 Å². The van der Waals surface area contributed by atoms with Gasteiger partial charge >= 0.3 is 12.1 Å². The van der Waals surface area contributed by atoms with Crippen molar-refractivity contribution in [2.45, 2.75) is 32.8 Å². The first-order valence-corrected chi connectivity index (χ1v) is 9.35. The predicted molar refractivity (Wildman–Crippen MR) is 100 cm³/mol. The summed E-state index contributed by atoms with van der Waals surface area (Å²) in [7, 11) is 3.21. The normalized spacial score (nSPS) is 24.2. The van der Waals surface area contributed by atoms with Gasteiger partial charge in [-0.3, -0.25) is 4.79 Å². The molecule has 3 fully saturated rings. The number of aryl methyl sites for hydroxylation is 2. The summed E-state index contributed by atoms with van der Waals surface area (Å²) in [6.45, 7) is 2.36. The predicted octanol–water partition coefficient (Wildman–Crippen LogP) is 1.68. The number of rotatable bonds is 7. The molecule has 0 saturated heterocycles. The molecule has 0 aromatic carbocycles. The van der Waals surface area contributed by atoms with Crippen LogP contribution in [0.1, 0.15) is 30.7 Å². The monoisotopic (exact) mass is 401 g/mol. The molecule has 2 bridgehead atoms. The molecule has 29 heavy (non-hydrogen) atoms. The molecular weight excluding hydrogens is 378 g/mol. The fourth-order valence-electron chi connectivity index (χ4n) is 4.39. The van der Waals surface area contributed by atoms with E-state index in [0.717, 1.165) is 0 Å². The van der Waals surface area contributed by atoms with Crippen LogP contribution >= 0.6 is 0 Å². The number of carboxylic acids is 1. The lowest BCUT2D eigenvalue weighted by Gasteiger charge is -2.67. The molecule has 2 heterocycles. The number of aliphatic carboxylic acids is 1. The zero-order valence-electron chi connectivity index (χ0n) is 16.6. The molecule has 0 spiro atoms. The lowest BCUT2D eigenvalue weighted by Crippen LogP contribution is -2.67. The Balaban J connectivity index is 1.43. The molecule has 0 atom stereocenters. The van der Waals surface area contributed by atoms with Crippen LogP contribution < -0.4 is 10.1 Å². The van der Waals surface area contributed by atoms with E-state index in [-0.39, 0.29) is 12.0 Å². The number of amides is 1. The van der Waals surface area contributed by atoms with E-state index in [2.05, 4.69) is 20.6 Å². The number of nitrogens with zero attached hydrogens (tertiary/aromatic N) is 4. The van der Waals surface area contributed by atoms with Gasteiger partial charge in [-0.1, -0.05) is 5.21 Å². The van der Waals surface area contributed by atoms with Gasteiger partial charge in [0.25, 0.3) is 0 Å². The molecule has 2 N–H and O–H groups in total. The summed E-state index contributed by atoms with van der Waals surface area (Å²) in [5.41, 5.74) is 1.97. The number of carbonyl (C=O) groups excluding carboxylic acids is 1. The third-order valence-electron chi connectivity index (χ3n) is 5.89. The maximum absolute atomic E-state index is 11.4. The summed E-state index contributed by atoms with van der Waals surface area (Å²) in [6, 6.07) is 3.62. The van der Waals surface area contributed by atoms with Crippen molar-refractivity contribution in [3.63, 3.8) is 0 Å². The standard InChI is InChI=1S/C19H23N5O5/c1-11-14(29-10-18-7-19(8-18,9-18)16(25)26)5-4-12(21-11)15-13(24(3)23-22-15)6-28-17(27)20-2/h4-5H,6-10H2,1-3H3,(H,20,27)(H,25,26). The highest BCUT2D eigenvalue weighted by molar-refractivity contribution is 5.79. The largest absolute Gasteiger partial charge is 0.491 e. The molecule has 154 valence electrons. The van der Waals surface area contributed by atoms with Crippen molar-refractivity contribution in [3.8, 4) is 17.1 Å². The van der Waals surface area contributed by atoms with E-state index in [4.69, 9.17) is 9.47 Å². The Morgan fingerprint density at radius 3 is 2.66 bits per heavy atom. The van der Waals surface area contributed by atoms with Crippen molar-refractivity contribution in [2.24, 2.45) is 17.9 Å². The van der Waals surface area contributed by atoms with Gasteiger partial charge in [0.05, 0.1) is 23.4 Å². The second kappa shape index (κ2) is 6.71. The van der Waals surface area contributed by atoms with Crippen LogP contribution in [0, 0.1) is 17.8 Å². The highest BCUT2D eigenvalue weighted by atomic mass is 16.5. The minimum atomic E-state index is -0.693. The molecular formula is C19H23N5O5.